The highest BCUT2D eigenvalue weighted by molar-refractivity contribution is 9.11. The third kappa shape index (κ3) is 4.68. The van der Waals surface area contributed by atoms with Gasteiger partial charge in [-0.2, -0.15) is 0 Å². The van der Waals surface area contributed by atoms with Crippen molar-refractivity contribution in [1.82, 2.24) is 4.90 Å². The summed E-state index contributed by atoms with van der Waals surface area (Å²) in [5, 5.41) is 0. The number of nitrogens with zero attached hydrogens (tertiary/aromatic N) is 1. The molecule has 1 aliphatic rings. The molecule has 4 nitrogen and oxygen atoms in total. The molecule has 0 bridgehead atoms. The number of hydrogen-bond acceptors (Lipinski definition) is 4. The average molecular weight is 372 g/mol. The van der Waals surface area contributed by atoms with Crippen molar-refractivity contribution in [3.63, 3.8) is 0 Å². The van der Waals surface area contributed by atoms with Gasteiger partial charge in [0, 0.05) is 24.0 Å². The molecule has 2 rings (SSSR count). The van der Waals surface area contributed by atoms with E-state index in [1.165, 1.54) is 0 Å². The zero-order chi connectivity index (χ0) is 15.2. The largest absolute Gasteiger partial charge is 0.466 e. The van der Waals surface area contributed by atoms with Crippen LogP contribution >= 0.6 is 27.3 Å². The maximum atomic E-state index is 12.2. The van der Waals surface area contributed by atoms with E-state index >= 15 is 0 Å². The molecule has 1 amide bonds. The highest BCUT2D eigenvalue weighted by Gasteiger charge is 2.28. The van der Waals surface area contributed by atoms with Crippen molar-refractivity contribution in [3.05, 3.63) is 26.9 Å². The molecule has 0 N–H and O–H groups in total. The molecule has 0 aliphatic carbocycles. The highest BCUT2D eigenvalue weighted by atomic mass is 79.9. The first-order valence-corrected chi connectivity index (χ1v) is 8.60. The van der Waals surface area contributed by atoms with Crippen LogP contribution in [0.1, 0.15) is 24.6 Å². The molecule has 2 heterocycles. The molecule has 6 heteroatoms. The minimum Gasteiger partial charge on any atom is -0.466 e. The van der Waals surface area contributed by atoms with E-state index in [1.54, 1.807) is 29.2 Å². The molecule has 1 saturated heterocycles. The second kappa shape index (κ2) is 7.75. The summed E-state index contributed by atoms with van der Waals surface area (Å²) in [6, 6.07) is 3.91. The van der Waals surface area contributed by atoms with E-state index in [9.17, 15) is 9.59 Å². The summed E-state index contributed by atoms with van der Waals surface area (Å²) in [5.41, 5.74) is 0. The standard InChI is InChI=1S/C15H18BrNO3S/c1-2-20-15(19)11-4-3-9-17(10-11)14(18)8-6-12-5-7-13(16)21-12/h5-8,11H,2-4,9-10H2,1H3/b8-6-/t11-/m1/s1. The first-order valence-electron chi connectivity index (χ1n) is 6.99. The molecule has 1 fully saturated rings. The molecule has 0 unspecified atom stereocenters. The van der Waals surface area contributed by atoms with Crippen LogP contribution in [-0.2, 0) is 14.3 Å². The zero-order valence-corrected chi connectivity index (χ0v) is 14.3. The number of piperidine rings is 1. The van der Waals surface area contributed by atoms with Crippen molar-refractivity contribution in [3.8, 4) is 0 Å². The van der Waals surface area contributed by atoms with Crippen LogP contribution in [0, 0.1) is 5.92 Å². The molecule has 21 heavy (non-hydrogen) atoms. The zero-order valence-electron chi connectivity index (χ0n) is 11.9. The normalized spacial score (nSPS) is 19.0. The van der Waals surface area contributed by atoms with E-state index in [-0.39, 0.29) is 17.8 Å². The predicted molar refractivity (Wildman–Crippen MR) is 87.0 cm³/mol. The number of ether oxygens (including phenoxy) is 1. The van der Waals surface area contributed by atoms with Gasteiger partial charge in [0.1, 0.15) is 0 Å². The summed E-state index contributed by atoms with van der Waals surface area (Å²) in [5.74, 6) is -0.429. The Hall–Kier alpha value is -1.14. The van der Waals surface area contributed by atoms with Gasteiger partial charge in [-0.3, -0.25) is 9.59 Å². The van der Waals surface area contributed by atoms with Crippen molar-refractivity contribution < 1.29 is 14.3 Å². The van der Waals surface area contributed by atoms with Gasteiger partial charge in [0.2, 0.25) is 5.91 Å². The lowest BCUT2D eigenvalue weighted by atomic mass is 9.98. The molecular formula is C15H18BrNO3S. The fourth-order valence-corrected chi connectivity index (χ4v) is 3.63. The number of amides is 1. The van der Waals surface area contributed by atoms with E-state index in [1.807, 2.05) is 18.2 Å². The Balaban J connectivity index is 1.92. The quantitative estimate of drug-likeness (QED) is 0.602. The van der Waals surface area contributed by atoms with Crippen molar-refractivity contribution in [2.45, 2.75) is 19.8 Å². The second-order valence-electron chi connectivity index (χ2n) is 4.85. The van der Waals surface area contributed by atoms with Crippen molar-refractivity contribution in [2.75, 3.05) is 19.7 Å². The number of rotatable bonds is 4. The van der Waals surface area contributed by atoms with Crippen molar-refractivity contribution in [2.24, 2.45) is 5.92 Å². The van der Waals surface area contributed by atoms with Crippen LogP contribution in [0.5, 0.6) is 0 Å². The second-order valence-corrected chi connectivity index (χ2v) is 7.35. The Morgan fingerprint density at radius 2 is 2.33 bits per heavy atom. The summed E-state index contributed by atoms with van der Waals surface area (Å²) in [6.45, 7) is 3.34. The summed E-state index contributed by atoms with van der Waals surface area (Å²) < 4.78 is 6.08. The van der Waals surface area contributed by atoms with Crippen LogP contribution < -0.4 is 0 Å². The van der Waals surface area contributed by atoms with Gasteiger partial charge >= 0.3 is 5.97 Å². The summed E-state index contributed by atoms with van der Waals surface area (Å²) in [4.78, 5) is 26.7. The number of hydrogen-bond donors (Lipinski definition) is 0. The molecule has 1 aromatic heterocycles. The van der Waals surface area contributed by atoms with Gasteiger partial charge in [0.25, 0.3) is 0 Å². The molecule has 1 atom stereocenters. The van der Waals surface area contributed by atoms with E-state index < -0.39 is 0 Å². The first kappa shape index (κ1) is 16.2. The lowest BCUT2D eigenvalue weighted by Crippen LogP contribution is -2.42. The van der Waals surface area contributed by atoms with Crippen molar-refractivity contribution >= 4 is 45.2 Å². The molecule has 0 radical (unpaired) electrons. The van der Waals surface area contributed by atoms with Crippen LogP contribution in [0.15, 0.2) is 22.0 Å². The molecule has 0 aromatic carbocycles. The Morgan fingerprint density at radius 3 is 3.00 bits per heavy atom. The monoisotopic (exact) mass is 371 g/mol. The van der Waals surface area contributed by atoms with E-state index in [4.69, 9.17) is 4.74 Å². The van der Waals surface area contributed by atoms with E-state index in [0.717, 1.165) is 21.5 Å². The van der Waals surface area contributed by atoms with Crippen LogP contribution in [-0.4, -0.2) is 36.5 Å². The fourth-order valence-electron chi connectivity index (χ4n) is 2.31. The summed E-state index contributed by atoms with van der Waals surface area (Å²) in [6.07, 6.45) is 5.02. The van der Waals surface area contributed by atoms with Gasteiger partial charge in [0.15, 0.2) is 0 Å². The summed E-state index contributed by atoms with van der Waals surface area (Å²) in [7, 11) is 0. The lowest BCUT2D eigenvalue weighted by Gasteiger charge is -2.30. The summed E-state index contributed by atoms with van der Waals surface area (Å²) >= 11 is 4.97. The number of halogens is 1. The number of likely N-dealkylation sites (tertiary alicyclic amines) is 1. The molecule has 0 saturated carbocycles. The first-order chi connectivity index (χ1) is 10.1. The van der Waals surface area contributed by atoms with Crippen LogP contribution in [0.4, 0.5) is 0 Å². The third-order valence-corrected chi connectivity index (χ3v) is 4.93. The van der Waals surface area contributed by atoms with Crippen LogP contribution in [0.2, 0.25) is 0 Å². The van der Waals surface area contributed by atoms with Crippen molar-refractivity contribution in [1.29, 1.82) is 0 Å². The SMILES string of the molecule is CCOC(=O)[C@@H]1CCCN(C(=O)/C=C\c2ccc(Br)s2)C1. The van der Waals surface area contributed by atoms with E-state index in [0.29, 0.717) is 19.7 Å². The van der Waals surface area contributed by atoms with Crippen LogP contribution in [0.3, 0.4) is 0 Å². The molecular weight excluding hydrogens is 354 g/mol. The Labute approximate surface area is 136 Å². The molecule has 0 spiro atoms. The number of thiophene rings is 1. The number of carbonyl (C=O) groups excluding carboxylic acids is 2. The number of esters is 1. The minimum atomic E-state index is -0.193. The molecule has 114 valence electrons. The van der Waals surface area contributed by atoms with Crippen LogP contribution in [0.25, 0.3) is 6.08 Å². The fraction of sp³-hybridized carbons (Fsp3) is 0.467. The maximum absolute atomic E-state index is 12.2. The highest BCUT2D eigenvalue weighted by Crippen LogP contribution is 2.23. The van der Waals surface area contributed by atoms with Gasteiger partial charge in [0.05, 0.1) is 16.3 Å². The molecule has 1 aromatic rings. The van der Waals surface area contributed by atoms with E-state index in [2.05, 4.69) is 15.9 Å². The van der Waals surface area contributed by atoms with Gasteiger partial charge in [-0.15, -0.1) is 11.3 Å². The van der Waals surface area contributed by atoms with Gasteiger partial charge in [-0.1, -0.05) is 0 Å². The Morgan fingerprint density at radius 1 is 1.52 bits per heavy atom. The van der Waals surface area contributed by atoms with Gasteiger partial charge in [-0.05, 0) is 53.9 Å². The topological polar surface area (TPSA) is 46.6 Å². The van der Waals surface area contributed by atoms with Gasteiger partial charge in [-0.25, -0.2) is 0 Å². The average Bonchev–Trinajstić information content (AvgIpc) is 2.91. The maximum Gasteiger partial charge on any atom is 0.310 e. The number of carbonyl (C=O) groups is 2. The predicted octanol–water partition coefficient (Wildman–Crippen LogP) is 3.33. The molecule has 1 aliphatic heterocycles. The lowest BCUT2D eigenvalue weighted by molar-refractivity contribution is -0.150. The Kier molecular flexibility index (Phi) is 5.99. The third-order valence-electron chi connectivity index (χ3n) is 3.34. The van der Waals surface area contributed by atoms with Gasteiger partial charge < -0.3 is 9.64 Å². The smallest absolute Gasteiger partial charge is 0.310 e. The Bertz CT molecular complexity index is 541. The minimum absolute atomic E-state index is 0.0477.